The summed E-state index contributed by atoms with van der Waals surface area (Å²) in [6.07, 6.45) is 0. The molecule has 0 aromatic heterocycles. The molecule has 0 atom stereocenters. The molecule has 1 aromatic carbocycles. The van der Waals surface area contributed by atoms with Crippen LogP contribution in [0.25, 0.3) is 0 Å². The lowest BCUT2D eigenvalue weighted by atomic mass is 10.2. The van der Waals surface area contributed by atoms with Crippen molar-refractivity contribution in [3.05, 3.63) is 29.8 Å². The van der Waals surface area contributed by atoms with E-state index >= 15 is 0 Å². The van der Waals surface area contributed by atoms with E-state index in [-0.39, 0.29) is 0 Å². The van der Waals surface area contributed by atoms with Gasteiger partial charge in [-0.05, 0) is 37.7 Å². The Bertz CT molecular complexity index is 308. The summed E-state index contributed by atoms with van der Waals surface area (Å²) >= 11 is 0. The van der Waals surface area contributed by atoms with Gasteiger partial charge in [0.05, 0.1) is 5.69 Å². The SMILES string of the molecule is CCN(CC)CCN(N)c1cccc(C)c1. The van der Waals surface area contributed by atoms with Gasteiger partial charge in [-0.2, -0.15) is 0 Å². The summed E-state index contributed by atoms with van der Waals surface area (Å²) in [4.78, 5) is 2.37. The highest BCUT2D eigenvalue weighted by Gasteiger charge is 2.04. The van der Waals surface area contributed by atoms with Crippen molar-refractivity contribution in [1.29, 1.82) is 0 Å². The van der Waals surface area contributed by atoms with Crippen molar-refractivity contribution in [3.63, 3.8) is 0 Å². The van der Waals surface area contributed by atoms with E-state index in [0.29, 0.717) is 0 Å². The van der Waals surface area contributed by atoms with E-state index in [0.717, 1.165) is 31.9 Å². The van der Waals surface area contributed by atoms with Crippen molar-refractivity contribution in [1.82, 2.24) is 4.90 Å². The summed E-state index contributed by atoms with van der Waals surface area (Å²) in [6, 6.07) is 8.29. The molecule has 0 aliphatic carbocycles. The van der Waals surface area contributed by atoms with E-state index in [1.807, 2.05) is 11.1 Å². The van der Waals surface area contributed by atoms with Crippen molar-refractivity contribution in [2.45, 2.75) is 20.8 Å². The van der Waals surface area contributed by atoms with Crippen molar-refractivity contribution >= 4 is 5.69 Å². The maximum atomic E-state index is 6.03. The molecule has 2 N–H and O–H groups in total. The Morgan fingerprint density at radius 3 is 2.38 bits per heavy atom. The van der Waals surface area contributed by atoms with Crippen LogP contribution in [0.2, 0.25) is 0 Å². The molecule has 0 spiro atoms. The molecular formula is C13H23N3. The van der Waals surface area contributed by atoms with E-state index in [4.69, 9.17) is 5.84 Å². The molecule has 0 radical (unpaired) electrons. The highest BCUT2D eigenvalue weighted by atomic mass is 15.4. The Hall–Kier alpha value is -1.06. The third-order valence-electron chi connectivity index (χ3n) is 2.88. The topological polar surface area (TPSA) is 32.5 Å². The maximum Gasteiger partial charge on any atom is 0.0520 e. The fraction of sp³-hybridized carbons (Fsp3) is 0.538. The molecule has 3 nitrogen and oxygen atoms in total. The van der Waals surface area contributed by atoms with Crippen LogP contribution in [0.15, 0.2) is 24.3 Å². The van der Waals surface area contributed by atoms with Crippen LogP contribution in [0.3, 0.4) is 0 Å². The third-order valence-corrected chi connectivity index (χ3v) is 2.88. The number of hydrazine groups is 1. The lowest BCUT2D eigenvalue weighted by Crippen LogP contribution is -2.39. The zero-order valence-corrected chi connectivity index (χ0v) is 10.6. The standard InChI is InChI=1S/C13H23N3/c1-4-15(5-2)9-10-16(14)13-8-6-7-12(3)11-13/h6-8,11H,4-5,9-10,14H2,1-3H3. The minimum absolute atomic E-state index is 0.866. The number of anilines is 1. The summed E-state index contributed by atoms with van der Waals surface area (Å²) in [5.74, 6) is 6.03. The molecule has 0 heterocycles. The van der Waals surface area contributed by atoms with Crippen molar-refractivity contribution in [3.8, 4) is 0 Å². The molecule has 1 aromatic rings. The molecule has 3 heteroatoms. The maximum absolute atomic E-state index is 6.03. The fourth-order valence-corrected chi connectivity index (χ4v) is 1.72. The summed E-state index contributed by atoms with van der Waals surface area (Å²) < 4.78 is 0. The number of hydrogen-bond donors (Lipinski definition) is 1. The number of nitrogens with zero attached hydrogens (tertiary/aromatic N) is 2. The van der Waals surface area contributed by atoms with Crippen molar-refractivity contribution in [2.24, 2.45) is 5.84 Å². The highest BCUT2D eigenvalue weighted by molar-refractivity contribution is 5.46. The average Bonchev–Trinajstić information content (AvgIpc) is 2.30. The molecular weight excluding hydrogens is 198 g/mol. The van der Waals surface area contributed by atoms with Gasteiger partial charge in [0.1, 0.15) is 0 Å². The van der Waals surface area contributed by atoms with Crippen LogP contribution in [0.5, 0.6) is 0 Å². The highest BCUT2D eigenvalue weighted by Crippen LogP contribution is 2.12. The van der Waals surface area contributed by atoms with E-state index < -0.39 is 0 Å². The second kappa shape index (κ2) is 6.51. The molecule has 0 fully saturated rings. The number of aryl methyl sites for hydroxylation is 1. The van der Waals surface area contributed by atoms with Crippen LogP contribution < -0.4 is 10.9 Å². The van der Waals surface area contributed by atoms with Crippen LogP contribution >= 0.6 is 0 Å². The first-order valence-corrected chi connectivity index (χ1v) is 5.98. The first kappa shape index (κ1) is 13.0. The number of hydrogen-bond acceptors (Lipinski definition) is 3. The van der Waals surface area contributed by atoms with Crippen LogP contribution in [-0.4, -0.2) is 31.1 Å². The third kappa shape index (κ3) is 3.83. The normalized spacial score (nSPS) is 10.8. The molecule has 0 saturated heterocycles. The molecule has 1 rings (SSSR count). The molecule has 0 bridgehead atoms. The summed E-state index contributed by atoms with van der Waals surface area (Å²) in [5.41, 5.74) is 2.34. The Morgan fingerprint density at radius 2 is 1.81 bits per heavy atom. The summed E-state index contributed by atoms with van der Waals surface area (Å²) in [5, 5.41) is 1.82. The van der Waals surface area contributed by atoms with Gasteiger partial charge in [0.25, 0.3) is 0 Å². The number of rotatable bonds is 6. The van der Waals surface area contributed by atoms with Crippen LogP contribution in [0.1, 0.15) is 19.4 Å². The monoisotopic (exact) mass is 221 g/mol. The molecule has 0 aliphatic rings. The summed E-state index contributed by atoms with van der Waals surface area (Å²) in [7, 11) is 0. The first-order valence-electron chi connectivity index (χ1n) is 5.98. The lowest BCUT2D eigenvalue weighted by molar-refractivity contribution is 0.309. The van der Waals surface area contributed by atoms with Gasteiger partial charge in [-0.1, -0.05) is 26.0 Å². The molecule has 0 aliphatic heterocycles. The summed E-state index contributed by atoms with van der Waals surface area (Å²) in [6.45, 7) is 10.5. The fourth-order valence-electron chi connectivity index (χ4n) is 1.72. The quantitative estimate of drug-likeness (QED) is 0.589. The number of benzene rings is 1. The van der Waals surface area contributed by atoms with Crippen molar-refractivity contribution in [2.75, 3.05) is 31.2 Å². The number of likely N-dealkylation sites (N-methyl/N-ethyl adjacent to an activating group) is 1. The van der Waals surface area contributed by atoms with Gasteiger partial charge in [-0.3, -0.25) is 0 Å². The van der Waals surface area contributed by atoms with Crippen LogP contribution in [0, 0.1) is 6.92 Å². The van der Waals surface area contributed by atoms with E-state index in [1.54, 1.807) is 0 Å². The molecule has 0 unspecified atom stereocenters. The molecule has 0 saturated carbocycles. The zero-order valence-electron chi connectivity index (χ0n) is 10.6. The van der Waals surface area contributed by atoms with E-state index in [2.05, 4.69) is 43.9 Å². The average molecular weight is 221 g/mol. The lowest BCUT2D eigenvalue weighted by Gasteiger charge is -2.24. The van der Waals surface area contributed by atoms with E-state index in [9.17, 15) is 0 Å². The van der Waals surface area contributed by atoms with Crippen LogP contribution in [0.4, 0.5) is 5.69 Å². The largest absolute Gasteiger partial charge is 0.310 e. The second-order valence-electron chi connectivity index (χ2n) is 4.06. The van der Waals surface area contributed by atoms with Crippen LogP contribution in [-0.2, 0) is 0 Å². The van der Waals surface area contributed by atoms with E-state index in [1.165, 1.54) is 5.56 Å². The smallest absolute Gasteiger partial charge is 0.0520 e. The van der Waals surface area contributed by atoms with Gasteiger partial charge < -0.3 is 9.91 Å². The van der Waals surface area contributed by atoms with Gasteiger partial charge in [0.15, 0.2) is 0 Å². The van der Waals surface area contributed by atoms with Gasteiger partial charge in [-0.25, -0.2) is 5.84 Å². The Balaban J connectivity index is 2.49. The minimum atomic E-state index is 0.866. The Labute approximate surface area is 98.8 Å². The van der Waals surface area contributed by atoms with Gasteiger partial charge in [0.2, 0.25) is 0 Å². The van der Waals surface area contributed by atoms with Crippen molar-refractivity contribution < 1.29 is 0 Å². The Kier molecular flexibility index (Phi) is 5.29. The predicted molar refractivity (Wildman–Crippen MR) is 70.5 cm³/mol. The second-order valence-corrected chi connectivity index (χ2v) is 4.06. The Morgan fingerprint density at radius 1 is 1.12 bits per heavy atom. The molecule has 0 amide bonds. The number of nitrogens with two attached hydrogens (primary N) is 1. The molecule has 90 valence electrons. The van der Waals surface area contributed by atoms with Gasteiger partial charge in [0, 0.05) is 13.1 Å². The first-order chi connectivity index (χ1) is 7.67. The predicted octanol–water partition coefficient (Wildman–Crippen LogP) is 2.02. The minimum Gasteiger partial charge on any atom is -0.310 e. The zero-order chi connectivity index (χ0) is 12.0. The van der Waals surface area contributed by atoms with Gasteiger partial charge >= 0.3 is 0 Å². The molecule has 16 heavy (non-hydrogen) atoms. The van der Waals surface area contributed by atoms with Gasteiger partial charge in [-0.15, -0.1) is 0 Å².